The van der Waals surface area contributed by atoms with Crippen LogP contribution >= 0.6 is 0 Å². The van der Waals surface area contributed by atoms with Crippen LogP contribution in [0.1, 0.15) is 79.6 Å². The molecule has 2 aliphatic carbocycles. The van der Waals surface area contributed by atoms with Gasteiger partial charge >= 0.3 is 0 Å². The van der Waals surface area contributed by atoms with Gasteiger partial charge < -0.3 is 10.2 Å². The number of fused-ring (bicyclic) bond motifs is 1. The number of hydrogen-bond donors (Lipinski definition) is 2. The minimum absolute atomic E-state index is 0.181. The minimum Gasteiger partial charge on any atom is -0.390 e. The number of aliphatic hydroxyl groups is 2. The van der Waals surface area contributed by atoms with Crippen LogP contribution in [-0.2, 0) is 0 Å². The Morgan fingerprint density at radius 2 is 1.82 bits per heavy atom. The molecule has 0 aromatic carbocycles. The zero-order chi connectivity index (χ0) is 16.8. The second-order valence-corrected chi connectivity index (χ2v) is 9.45. The van der Waals surface area contributed by atoms with E-state index in [4.69, 9.17) is 0 Å². The van der Waals surface area contributed by atoms with E-state index in [0.29, 0.717) is 17.8 Å². The highest BCUT2D eigenvalue weighted by molar-refractivity contribution is 5.08. The van der Waals surface area contributed by atoms with Crippen molar-refractivity contribution < 1.29 is 10.2 Å². The van der Waals surface area contributed by atoms with Gasteiger partial charge in [0.05, 0.1) is 11.2 Å². The van der Waals surface area contributed by atoms with Crippen molar-refractivity contribution in [2.45, 2.75) is 90.8 Å². The average molecular weight is 309 g/mol. The van der Waals surface area contributed by atoms with Crippen LogP contribution in [0.15, 0.2) is 12.7 Å². The predicted octanol–water partition coefficient (Wildman–Crippen LogP) is 4.70. The molecule has 2 rings (SSSR count). The lowest BCUT2D eigenvalue weighted by Gasteiger charge is -2.61. The summed E-state index contributed by atoms with van der Waals surface area (Å²) in [6.45, 7) is 14.8. The van der Waals surface area contributed by atoms with Crippen LogP contribution in [0.3, 0.4) is 0 Å². The summed E-state index contributed by atoms with van der Waals surface area (Å²) >= 11 is 0. The summed E-state index contributed by atoms with van der Waals surface area (Å²) in [7, 11) is 0. The maximum absolute atomic E-state index is 11.1. The van der Waals surface area contributed by atoms with E-state index in [1.54, 1.807) is 6.08 Å². The molecule has 2 saturated carbocycles. The molecule has 5 atom stereocenters. The maximum Gasteiger partial charge on any atom is 0.0797 e. The Morgan fingerprint density at radius 3 is 2.41 bits per heavy atom. The molecule has 0 saturated heterocycles. The van der Waals surface area contributed by atoms with E-state index < -0.39 is 11.2 Å². The van der Waals surface area contributed by atoms with Gasteiger partial charge in [-0.05, 0) is 75.0 Å². The van der Waals surface area contributed by atoms with Gasteiger partial charge in [0.25, 0.3) is 0 Å². The van der Waals surface area contributed by atoms with Crippen LogP contribution < -0.4 is 0 Å². The number of rotatable bonds is 4. The first-order valence-electron chi connectivity index (χ1n) is 9.03. The molecule has 2 nitrogen and oxygen atoms in total. The van der Waals surface area contributed by atoms with Crippen molar-refractivity contribution in [3.63, 3.8) is 0 Å². The molecule has 2 fully saturated rings. The highest BCUT2D eigenvalue weighted by Crippen LogP contribution is 2.63. The van der Waals surface area contributed by atoms with Crippen molar-refractivity contribution in [1.29, 1.82) is 0 Å². The van der Waals surface area contributed by atoms with Gasteiger partial charge in [-0.1, -0.05) is 33.3 Å². The Balaban J connectivity index is 2.28. The van der Waals surface area contributed by atoms with Crippen molar-refractivity contribution in [2.24, 2.45) is 22.7 Å². The van der Waals surface area contributed by atoms with E-state index >= 15 is 0 Å². The van der Waals surface area contributed by atoms with Gasteiger partial charge in [-0.25, -0.2) is 0 Å². The summed E-state index contributed by atoms with van der Waals surface area (Å²) in [5, 5.41) is 21.4. The molecule has 128 valence electrons. The van der Waals surface area contributed by atoms with E-state index in [1.807, 2.05) is 13.8 Å². The van der Waals surface area contributed by atoms with Gasteiger partial charge in [-0.2, -0.15) is 0 Å². The molecule has 0 heterocycles. The fourth-order valence-corrected chi connectivity index (χ4v) is 5.80. The van der Waals surface area contributed by atoms with Gasteiger partial charge in [-0.15, -0.1) is 6.58 Å². The molecular weight excluding hydrogens is 272 g/mol. The molecule has 0 aromatic rings. The van der Waals surface area contributed by atoms with Crippen LogP contribution in [0.5, 0.6) is 0 Å². The van der Waals surface area contributed by atoms with E-state index in [9.17, 15) is 10.2 Å². The monoisotopic (exact) mass is 308 g/mol. The van der Waals surface area contributed by atoms with Crippen molar-refractivity contribution >= 4 is 0 Å². The van der Waals surface area contributed by atoms with Crippen molar-refractivity contribution in [1.82, 2.24) is 0 Å². The molecule has 2 heteroatoms. The van der Waals surface area contributed by atoms with Crippen LogP contribution in [0.25, 0.3) is 0 Å². The maximum atomic E-state index is 11.1. The Hall–Kier alpha value is -0.340. The predicted molar refractivity (Wildman–Crippen MR) is 92.6 cm³/mol. The first-order chi connectivity index (χ1) is 9.95. The summed E-state index contributed by atoms with van der Waals surface area (Å²) in [4.78, 5) is 0. The van der Waals surface area contributed by atoms with Gasteiger partial charge in [0, 0.05) is 0 Å². The van der Waals surface area contributed by atoms with Crippen LogP contribution in [-0.4, -0.2) is 21.4 Å². The van der Waals surface area contributed by atoms with Gasteiger partial charge in [0.2, 0.25) is 0 Å². The molecule has 0 unspecified atom stereocenters. The quantitative estimate of drug-likeness (QED) is 0.739. The SMILES string of the molecule is C=C[C@@](C)(O)CC[C@@H]1[C@@]2(C)CCCC(C)(C)[C@H]2CC[C@@]1(C)O. The lowest BCUT2D eigenvalue weighted by Crippen LogP contribution is -2.57. The molecular formula is C20H36O2. The summed E-state index contributed by atoms with van der Waals surface area (Å²) in [6.07, 6.45) is 8.96. The Morgan fingerprint density at radius 1 is 1.18 bits per heavy atom. The summed E-state index contributed by atoms with van der Waals surface area (Å²) in [6, 6.07) is 0. The van der Waals surface area contributed by atoms with Crippen molar-refractivity contribution in [2.75, 3.05) is 0 Å². The smallest absolute Gasteiger partial charge is 0.0797 e. The molecule has 2 aliphatic rings. The lowest BCUT2D eigenvalue weighted by atomic mass is 9.45. The normalized spacial score (nSPS) is 44.0. The molecule has 0 amide bonds. The second kappa shape index (κ2) is 5.63. The van der Waals surface area contributed by atoms with Gasteiger partial charge in [0.1, 0.15) is 0 Å². The largest absolute Gasteiger partial charge is 0.390 e. The zero-order valence-corrected chi connectivity index (χ0v) is 15.3. The summed E-state index contributed by atoms with van der Waals surface area (Å²) in [5.41, 5.74) is -0.900. The Kier molecular flexibility index (Phi) is 4.61. The fraction of sp³-hybridized carbons (Fsp3) is 0.900. The second-order valence-electron chi connectivity index (χ2n) is 9.45. The standard InChI is InChI=1S/C20H36O2/c1-7-18(4,21)13-9-16-19(5)12-8-11-17(2,3)15(19)10-14-20(16,6)22/h7,15-16,21-22H,1,8-14H2,2-6H3/t15-,16-,18-,19+,20-/m1/s1. The van der Waals surface area contributed by atoms with E-state index in [0.717, 1.165) is 19.3 Å². The molecule has 0 radical (unpaired) electrons. The molecule has 0 aromatic heterocycles. The van der Waals surface area contributed by atoms with E-state index in [1.165, 1.54) is 19.3 Å². The topological polar surface area (TPSA) is 40.5 Å². The third-order valence-electron chi connectivity index (χ3n) is 7.14. The molecule has 0 spiro atoms. The molecule has 0 bridgehead atoms. The first kappa shape index (κ1) is 18.0. The molecule has 2 N–H and O–H groups in total. The first-order valence-corrected chi connectivity index (χ1v) is 9.03. The highest BCUT2D eigenvalue weighted by atomic mass is 16.3. The van der Waals surface area contributed by atoms with Gasteiger partial charge in [-0.3, -0.25) is 0 Å². The molecule has 0 aliphatic heterocycles. The summed E-state index contributed by atoms with van der Waals surface area (Å²) < 4.78 is 0. The lowest BCUT2D eigenvalue weighted by molar-refractivity contribution is -0.171. The minimum atomic E-state index is -0.830. The average Bonchev–Trinajstić information content (AvgIpc) is 2.35. The summed E-state index contributed by atoms with van der Waals surface area (Å²) in [5.74, 6) is 0.928. The third kappa shape index (κ3) is 3.14. The number of hydrogen-bond acceptors (Lipinski definition) is 2. The third-order valence-corrected chi connectivity index (χ3v) is 7.14. The highest BCUT2D eigenvalue weighted by Gasteiger charge is 2.57. The van der Waals surface area contributed by atoms with Gasteiger partial charge in [0.15, 0.2) is 0 Å². The Labute approximate surface area is 137 Å². The molecule has 22 heavy (non-hydrogen) atoms. The van der Waals surface area contributed by atoms with Crippen LogP contribution in [0.2, 0.25) is 0 Å². The van der Waals surface area contributed by atoms with E-state index in [2.05, 4.69) is 27.4 Å². The van der Waals surface area contributed by atoms with Crippen LogP contribution in [0.4, 0.5) is 0 Å². The zero-order valence-electron chi connectivity index (χ0n) is 15.3. The fourth-order valence-electron chi connectivity index (χ4n) is 5.80. The van der Waals surface area contributed by atoms with Crippen molar-refractivity contribution in [3.8, 4) is 0 Å². The Bertz CT molecular complexity index is 421. The van der Waals surface area contributed by atoms with Crippen LogP contribution in [0, 0.1) is 22.7 Å². The van der Waals surface area contributed by atoms with E-state index in [-0.39, 0.29) is 11.3 Å². The van der Waals surface area contributed by atoms with Crippen molar-refractivity contribution in [3.05, 3.63) is 12.7 Å².